The summed E-state index contributed by atoms with van der Waals surface area (Å²) >= 11 is 0. The standard InChI is InChI=1S/C15H18O5/c1-7-11-10(17)5-15(2,19)9-4-3-8(6-16)12(9)13(11)20-14(7)18/h3,6,9-13,17,19H,1,4-5H2,2H3. The summed E-state index contributed by atoms with van der Waals surface area (Å²) in [5, 5.41) is 21.0. The van der Waals surface area contributed by atoms with Gasteiger partial charge < -0.3 is 14.9 Å². The minimum atomic E-state index is -1.11. The molecule has 0 radical (unpaired) electrons. The number of aldehydes is 1. The number of esters is 1. The van der Waals surface area contributed by atoms with Gasteiger partial charge in [-0.3, -0.25) is 4.79 Å². The van der Waals surface area contributed by atoms with Crippen LogP contribution in [0.15, 0.2) is 23.8 Å². The fourth-order valence-electron chi connectivity index (χ4n) is 4.02. The summed E-state index contributed by atoms with van der Waals surface area (Å²) in [7, 11) is 0. The van der Waals surface area contributed by atoms with E-state index < -0.39 is 29.7 Å². The van der Waals surface area contributed by atoms with E-state index in [1.807, 2.05) is 0 Å². The Morgan fingerprint density at radius 2 is 2.20 bits per heavy atom. The van der Waals surface area contributed by atoms with E-state index in [1.165, 1.54) is 0 Å². The van der Waals surface area contributed by atoms with Crippen LogP contribution in [0, 0.1) is 17.8 Å². The van der Waals surface area contributed by atoms with Crippen LogP contribution in [0.3, 0.4) is 0 Å². The van der Waals surface area contributed by atoms with Gasteiger partial charge in [0.25, 0.3) is 0 Å². The van der Waals surface area contributed by atoms with Crippen molar-refractivity contribution in [3.8, 4) is 0 Å². The zero-order chi connectivity index (χ0) is 14.7. The first-order valence-corrected chi connectivity index (χ1v) is 6.82. The van der Waals surface area contributed by atoms with E-state index in [9.17, 15) is 19.8 Å². The molecular formula is C15H18O5. The molecule has 0 amide bonds. The van der Waals surface area contributed by atoms with Crippen LogP contribution >= 0.6 is 0 Å². The van der Waals surface area contributed by atoms with E-state index in [4.69, 9.17) is 4.74 Å². The van der Waals surface area contributed by atoms with Crippen LogP contribution in [-0.4, -0.2) is 40.3 Å². The second-order valence-electron chi connectivity index (χ2n) is 6.24. The number of hydrogen-bond acceptors (Lipinski definition) is 5. The number of carbonyl (C=O) groups excluding carboxylic acids is 2. The molecule has 0 aromatic heterocycles. The molecule has 1 saturated carbocycles. The Labute approximate surface area is 116 Å². The minimum Gasteiger partial charge on any atom is -0.458 e. The van der Waals surface area contributed by atoms with Crippen LogP contribution < -0.4 is 0 Å². The van der Waals surface area contributed by atoms with Gasteiger partial charge in [-0.25, -0.2) is 4.79 Å². The molecule has 0 spiro atoms. The number of rotatable bonds is 1. The molecule has 5 heteroatoms. The molecule has 2 aliphatic carbocycles. The summed E-state index contributed by atoms with van der Waals surface area (Å²) in [4.78, 5) is 23.0. The monoisotopic (exact) mass is 278 g/mol. The quantitative estimate of drug-likeness (QED) is 0.411. The van der Waals surface area contributed by atoms with Gasteiger partial charge in [-0.05, 0) is 18.9 Å². The van der Waals surface area contributed by atoms with Crippen molar-refractivity contribution in [3.05, 3.63) is 23.8 Å². The highest BCUT2D eigenvalue weighted by Gasteiger charge is 2.58. The zero-order valence-corrected chi connectivity index (χ0v) is 11.3. The molecule has 0 aromatic rings. The van der Waals surface area contributed by atoms with Gasteiger partial charge in [-0.2, -0.15) is 0 Å². The number of aliphatic hydroxyl groups excluding tert-OH is 1. The first-order chi connectivity index (χ1) is 9.36. The molecule has 3 rings (SSSR count). The average molecular weight is 278 g/mol. The lowest BCUT2D eigenvalue weighted by atomic mass is 9.76. The SMILES string of the molecule is C=C1C(=O)OC2C1C(O)CC(C)(O)C1CC=C(C=O)C21. The molecule has 1 aliphatic heterocycles. The van der Waals surface area contributed by atoms with Gasteiger partial charge in [0.05, 0.1) is 17.6 Å². The van der Waals surface area contributed by atoms with Crippen molar-refractivity contribution in [2.45, 2.75) is 37.6 Å². The molecule has 2 N–H and O–H groups in total. The number of ether oxygens (including phenoxy) is 1. The predicted molar refractivity (Wildman–Crippen MR) is 69.5 cm³/mol. The molecular weight excluding hydrogens is 260 g/mol. The highest BCUT2D eigenvalue weighted by molar-refractivity contribution is 5.91. The molecule has 108 valence electrons. The zero-order valence-electron chi connectivity index (χ0n) is 11.3. The van der Waals surface area contributed by atoms with E-state index in [2.05, 4.69) is 6.58 Å². The van der Waals surface area contributed by atoms with Gasteiger partial charge in [0.2, 0.25) is 0 Å². The normalized spacial score (nSPS) is 47.1. The molecule has 5 nitrogen and oxygen atoms in total. The number of carbonyl (C=O) groups is 2. The van der Waals surface area contributed by atoms with Crippen molar-refractivity contribution in [1.29, 1.82) is 0 Å². The highest BCUT2D eigenvalue weighted by Crippen LogP contribution is 2.51. The first-order valence-electron chi connectivity index (χ1n) is 6.82. The third-order valence-corrected chi connectivity index (χ3v) is 5.01. The number of fused-ring (bicyclic) bond motifs is 3. The Balaban J connectivity index is 2.08. The third kappa shape index (κ3) is 1.70. The van der Waals surface area contributed by atoms with Crippen LogP contribution in [0.25, 0.3) is 0 Å². The van der Waals surface area contributed by atoms with Crippen molar-refractivity contribution in [2.24, 2.45) is 17.8 Å². The van der Waals surface area contributed by atoms with Crippen LogP contribution in [-0.2, 0) is 14.3 Å². The smallest absolute Gasteiger partial charge is 0.334 e. The number of allylic oxidation sites excluding steroid dienone is 1. The van der Waals surface area contributed by atoms with Crippen LogP contribution in [0.4, 0.5) is 0 Å². The Morgan fingerprint density at radius 1 is 1.50 bits per heavy atom. The molecule has 0 aromatic carbocycles. The summed E-state index contributed by atoms with van der Waals surface area (Å²) in [5.74, 6) is -1.67. The van der Waals surface area contributed by atoms with Crippen LogP contribution in [0.5, 0.6) is 0 Å². The third-order valence-electron chi connectivity index (χ3n) is 5.01. The van der Waals surface area contributed by atoms with Crippen LogP contribution in [0.2, 0.25) is 0 Å². The van der Waals surface area contributed by atoms with Crippen molar-refractivity contribution >= 4 is 12.3 Å². The topological polar surface area (TPSA) is 83.8 Å². The predicted octanol–water partition coefficient (Wildman–Crippen LogP) is 0.361. The van der Waals surface area contributed by atoms with E-state index in [0.29, 0.717) is 12.0 Å². The lowest BCUT2D eigenvalue weighted by Gasteiger charge is -2.34. The fraction of sp³-hybridized carbons (Fsp3) is 0.600. The molecule has 6 unspecified atom stereocenters. The van der Waals surface area contributed by atoms with Gasteiger partial charge in [0, 0.05) is 23.8 Å². The van der Waals surface area contributed by atoms with E-state index in [1.54, 1.807) is 13.0 Å². The summed E-state index contributed by atoms with van der Waals surface area (Å²) in [6.07, 6.45) is 1.73. The molecule has 3 aliphatic rings. The van der Waals surface area contributed by atoms with E-state index in [-0.39, 0.29) is 23.8 Å². The maximum absolute atomic E-state index is 11.7. The number of hydrogen-bond donors (Lipinski definition) is 2. The summed E-state index contributed by atoms with van der Waals surface area (Å²) in [6, 6.07) is 0. The molecule has 1 saturated heterocycles. The van der Waals surface area contributed by atoms with Gasteiger partial charge in [-0.15, -0.1) is 0 Å². The Morgan fingerprint density at radius 3 is 2.85 bits per heavy atom. The lowest BCUT2D eigenvalue weighted by molar-refractivity contribution is -0.142. The average Bonchev–Trinajstić information content (AvgIpc) is 2.89. The van der Waals surface area contributed by atoms with Gasteiger partial charge >= 0.3 is 5.97 Å². The molecule has 2 fully saturated rings. The fourth-order valence-corrected chi connectivity index (χ4v) is 4.02. The Bertz CT molecular complexity index is 518. The van der Waals surface area contributed by atoms with E-state index >= 15 is 0 Å². The van der Waals surface area contributed by atoms with Crippen LogP contribution in [0.1, 0.15) is 19.8 Å². The van der Waals surface area contributed by atoms with Crippen molar-refractivity contribution in [2.75, 3.05) is 0 Å². The summed E-state index contributed by atoms with van der Waals surface area (Å²) < 4.78 is 5.36. The van der Waals surface area contributed by atoms with Gasteiger partial charge in [-0.1, -0.05) is 12.7 Å². The highest BCUT2D eigenvalue weighted by atomic mass is 16.6. The summed E-state index contributed by atoms with van der Waals surface area (Å²) in [6.45, 7) is 5.37. The van der Waals surface area contributed by atoms with Gasteiger partial charge in [0.1, 0.15) is 12.4 Å². The lowest BCUT2D eigenvalue weighted by Crippen LogP contribution is -2.40. The molecule has 1 heterocycles. The molecule has 20 heavy (non-hydrogen) atoms. The maximum atomic E-state index is 11.7. The molecule has 0 bridgehead atoms. The largest absolute Gasteiger partial charge is 0.458 e. The van der Waals surface area contributed by atoms with Crippen molar-refractivity contribution < 1.29 is 24.5 Å². The van der Waals surface area contributed by atoms with E-state index in [0.717, 1.165) is 6.29 Å². The second kappa shape index (κ2) is 4.27. The molecule has 6 atom stereocenters. The van der Waals surface area contributed by atoms with Gasteiger partial charge in [0.15, 0.2) is 0 Å². The first kappa shape index (κ1) is 13.5. The Kier molecular flexibility index (Phi) is 2.88. The van der Waals surface area contributed by atoms with Crippen molar-refractivity contribution in [3.63, 3.8) is 0 Å². The summed E-state index contributed by atoms with van der Waals surface area (Å²) in [5.41, 5.74) is -0.333. The maximum Gasteiger partial charge on any atom is 0.334 e. The minimum absolute atomic E-state index is 0.144. The second-order valence-corrected chi connectivity index (χ2v) is 6.24. The van der Waals surface area contributed by atoms with Crippen molar-refractivity contribution in [1.82, 2.24) is 0 Å². The number of aliphatic hydroxyl groups is 2. The Hall–Kier alpha value is -1.46.